The molecule has 1 aromatic heterocycles. The van der Waals surface area contributed by atoms with E-state index in [-0.39, 0.29) is 28.3 Å². The Morgan fingerprint density at radius 3 is 2.61 bits per heavy atom. The van der Waals surface area contributed by atoms with Gasteiger partial charge in [0, 0.05) is 35.4 Å². The maximum atomic E-state index is 13.5. The average Bonchev–Trinajstić information content (AvgIpc) is 3.09. The second-order valence-electron chi connectivity index (χ2n) is 7.60. The van der Waals surface area contributed by atoms with Crippen molar-refractivity contribution in [1.82, 2.24) is 9.78 Å². The van der Waals surface area contributed by atoms with Gasteiger partial charge in [0.05, 0.1) is 22.1 Å². The van der Waals surface area contributed by atoms with E-state index in [0.717, 1.165) is 0 Å². The van der Waals surface area contributed by atoms with E-state index in [9.17, 15) is 24.8 Å². The number of carbonyl (C=O) groups excluding carboxylic acids is 1. The van der Waals surface area contributed by atoms with Crippen molar-refractivity contribution in [3.05, 3.63) is 91.4 Å². The van der Waals surface area contributed by atoms with E-state index in [1.54, 1.807) is 24.3 Å². The van der Waals surface area contributed by atoms with Crippen molar-refractivity contribution in [2.75, 3.05) is 5.32 Å². The number of Topliss-reactive ketones (excluding diaryl/α,β-unsaturated/α-hetero) is 1. The number of hydrogen-bond donors (Lipinski definition) is 3. The minimum Gasteiger partial charge on any atom is -0.508 e. The highest BCUT2D eigenvalue weighted by Gasteiger charge is 2.40. The quantitative estimate of drug-likeness (QED) is 0.442. The fraction of sp³-hybridized carbons (Fsp3) is 0.182. The molecular weight excluding hydrogens is 400 g/mol. The molecule has 3 N–H and O–H groups in total. The van der Waals surface area contributed by atoms with Crippen LogP contribution in [-0.2, 0) is 4.79 Å². The van der Waals surface area contributed by atoms with Gasteiger partial charge in [-0.1, -0.05) is 18.2 Å². The van der Waals surface area contributed by atoms with Crippen molar-refractivity contribution >= 4 is 17.3 Å². The summed E-state index contributed by atoms with van der Waals surface area (Å²) in [6, 6.07) is 12.6. The van der Waals surface area contributed by atoms with Crippen molar-refractivity contribution in [3.8, 4) is 11.4 Å². The second kappa shape index (κ2) is 6.98. The zero-order chi connectivity index (χ0) is 21.7. The van der Waals surface area contributed by atoms with Crippen molar-refractivity contribution in [2.45, 2.75) is 25.2 Å². The van der Waals surface area contributed by atoms with Crippen LogP contribution in [0.3, 0.4) is 0 Å². The third kappa shape index (κ3) is 2.93. The van der Waals surface area contributed by atoms with Gasteiger partial charge in [0.1, 0.15) is 11.6 Å². The molecule has 2 aromatic carbocycles. The zero-order valence-electron chi connectivity index (χ0n) is 16.3. The predicted octanol–water partition coefficient (Wildman–Crippen LogP) is 3.34. The Morgan fingerprint density at radius 1 is 1.10 bits per heavy atom. The summed E-state index contributed by atoms with van der Waals surface area (Å²) in [4.78, 5) is 37.1. The number of nitro groups is 1. The molecule has 1 aliphatic carbocycles. The highest BCUT2D eigenvalue weighted by molar-refractivity contribution is 6.01. The van der Waals surface area contributed by atoms with Crippen molar-refractivity contribution in [1.29, 1.82) is 0 Å². The Hall–Kier alpha value is -4.14. The lowest BCUT2D eigenvalue weighted by Crippen LogP contribution is -2.30. The number of nitrogens with zero attached hydrogens (tertiary/aromatic N) is 2. The van der Waals surface area contributed by atoms with Crippen LogP contribution in [0.25, 0.3) is 5.69 Å². The molecule has 0 saturated heterocycles. The number of phenols is 1. The summed E-state index contributed by atoms with van der Waals surface area (Å²) >= 11 is 0. The molecule has 1 atom stereocenters. The number of allylic oxidation sites excluding steroid dienone is 2. The van der Waals surface area contributed by atoms with E-state index in [0.29, 0.717) is 42.0 Å². The number of nitrogens with one attached hydrogen (secondary N) is 2. The van der Waals surface area contributed by atoms with Gasteiger partial charge in [-0.25, -0.2) is 4.68 Å². The van der Waals surface area contributed by atoms with E-state index >= 15 is 0 Å². The van der Waals surface area contributed by atoms with Crippen LogP contribution in [0.5, 0.6) is 5.75 Å². The molecule has 0 radical (unpaired) electrons. The van der Waals surface area contributed by atoms with Crippen LogP contribution in [0.2, 0.25) is 0 Å². The van der Waals surface area contributed by atoms with Gasteiger partial charge in [0.25, 0.3) is 11.2 Å². The van der Waals surface area contributed by atoms with Gasteiger partial charge in [-0.05, 0) is 31.0 Å². The molecule has 1 aliphatic heterocycles. The first kappa shape index (κ1) is 18.9. The van der Waals surface area contributed by atoms with Gasteiger partial charge in [-0.15, -0.1) is 0 Å². The van der Waals surface area contributed by atoms with Crippen LogP contribution in [0.1, 0.15) is 36.3 Å². The minimum absolute atomic E-state index is 0.137. The molecule has 5 rings (SSSR count). The van der Waals surface area contributed by atoms with Gasteiger partial charge in [0.15, 0.2) is 5.78 Å². The van der Waals surface area contributed by atoms with Crippen LogP contribution in [-0.4, -0.2) is 25.6 Å². The Morgan fingerprint density at radius 2 is 1.87 bits per heavy atom. The summed E-state index contributed by atoms with van der Waals surface area (Å²) in [5.74, 6) is -0.839. The standard InChI is InChI=1S/C22H18N4O5/c27-16-10-9-13(26(30)31)11-14(16)18-19-15(7-4-8-17(19)28)23-21-20(18)22(29)25(24-21)12-5-2-1-3-6-12/h1-3,5-6,9-11,18,23-24,27H,4,7-8H2/t18-/m1/s1. The third-order valence-corrected chi connectivity index (χ3v) is 5.78. The maximum absolute atomic E-state index is 13.5. The molecule has 9 heteroatoms. The van der Waals surface area contributed by atoms with Gasteiger partial charge < -0.3 is 10.4 Å². The fourth-order valence-electron chi connectivity index (χ4n) is 4.39. The number of carbonyl (C=O) groups is 1. The maximum Gasteiger partial charge on any atom is 0.277 e. The van der Waals surface area contributed by atoms with Gasteiger partial charge in [-0.3, -0.25) is 24.8 Å². The van der Waals surface area contributed by atoms with E-state index < -0.39 is 16.4 Å². The predicted molar refractivity (Wildman–Crippen MR) is 113 cm³/mol. The monoisotopic (exact) mass is 418 g/mol. The number of para-hydroxylation sites is 1. The molecule has 2 aliphatic rings. The van der Waals surface area contributed by atoms with E-state index in [2.05, 4.69) is 10.4 Å². The second-order valence-corrected chi connectivity index (χ2v) is 7.60. The summed E-state index contributed by atoms with van der Waals surface area (Å²) in [6.45, 7) is 0. The Balaban J connectivity index is 1.79. The number of benzene rings is 2. The number of aromatic nitrogens is 2. The van der Waals surface area contributed by atoms with E-state index in [1.165, 1.54) is 22.9 Å². The summed E-state index contributed by atoms with van der Waals surface area (Å²) in [5, 5.41) is 28.2. The van der Waals surface area contributed by atoms with Crippen molar-refractivity contribution < 1.29 is 14.8 Å². The summed E-state index contributed by atoms with van der Waals surface area (Å²) in [6.07, 6.45) is 1.59. The Labute approximate surface area is 175 Å². The topological polar surface area (TPSA) is 130 Å². The highest BCUT2D eigenvalue weighted by Crippen LogP contribution is 2.46. The average molecular weight is 418 g/mol. The number of rotatable bonds is 3. The third-order valence-electron chi connectivity index (χ3n) is 5.78. The van der Waals surface area contributed by atoms with Crippen LogP contribution < -0.4 is 10.9 Å². The lowest BCUT2D eigenvalue weighted by atomic mass is 9.76. The number of H-pyrrole nitrogens is 1. The summed E-state index contributed by atoms with van der Waals surface area (Å²) in [5.41, 5.74) is 1.44. The molecule has 0 saturated carbocycles. The SMILES string of the molecule is O=C1CCCC2=C1[C@@H](c1cc([N+](=O)[O-])ccc1O)c1c([nH]n(-c3ccccc3)c1=O)N2. The van der Waals surface area contributed by atoms with Crippen LogP contribution in [0.15, 0.2) is 64.6 Å². The van der Waals surface area contributed by atoms with E-state index in [1.807, 2.05) is 6.07 Å². The van der Waals surface area contributed by atoms with Gasteiger partial charge >= 0.3 is 0 Å². The van der Waals surface area contributed by atoms with Crippen molar-refractivity contribution in [2.24, 2.45) is 0 Å². The number of fused-ring (bicyclic) bond motifs is 1. The lowest BCUT2D eigenvalue weighted by Gasteiger charge is -2.31. The highest BCUT2D eigenvalue weighted by atomic mass is 16.6. The molecule has 0 spiro atoms. The van der Waals surface area contributed by atoms with Gasteiger partial charge in [0.2, 0.25) is 0 Å². The molecule has 0 amide bonds. The number of nitro benzene ring substituents is 1. The fourth-order valence-corrected chi connectivity index (χ4v) is 4.39. The number of aromatic amines is 1. The number of anilines is 1. The molecule has 156 valence electrons. The van der Waals surface area contributed by atoms with E-state index in [4.69, 9.17) is 0 Å². The smallest absolute Gasteiger partial charge is 0.277 e. The molecule has 0 bridgehead atoms. The molecule has 0 fully saturated rings. The minimum atomic E-state index is -0.910. The first-order chi connectivity index (χ1) is 15.0. The molecular formula is C22H18N4O5. The summed E-state index contributed by atoms with van der Waals surface area (Å²) < 4.78 is 1.36. The first-order valence-corrected chi connectivity index (χ1v) is 9.86. The normalized spacial score (nSPS) is 17.7. The van der Waals surface area contributed by atoms with Gasteiger partial charge in [-0.2, -0.15) is 0 Å². The summed E-state index contributed by atoms with van der Waals surface area (Å²) in [7, 11) is 0. The first-order valence-electron chi connectivity index (χ1n) is 9.86. The number of ketones is 1. The largest absolute Gasteiger partial charge is 0.508 e. The van der Waals surface area contributed by atoms with Crippen LogP contribution >= 0.6 is 0 Å². The van der Waals surface area contributed by atoms with Crippen molar-refractivity contribution in [3.63, 3.8) is 0 Å². The van der Waals surface area contributed by atoms with Crippen LogP contribution in [0.4, 0.5) is 11.5 Å². The number of non-ortho nitro benzene ring substituents is 1. The number of aromatic hydroxyl groups is 1. The molecule has 0 unspecified atom stereocenters. The number of hydrogen-bond acceptors (Lipinski definition) is 6. The molecule has 9 nitrogen and oxygen atoms in total. The Bertz CT molecular complexity index is 1320. The number of phenolic OH excluding ortho intramolecular Hbond substituents is 1. The van der Waals surface area contributed by atoms with Crippen LogP contribution in [0, 0.1) is 10.1 Å². The molecule has 2 heterocycles. The lowest BCUT2D eigenvalue weighted by molar-refractivity contribution is -0.384. The molecule has 3 aromatic rings. The Kier molecular flexibility index (Phi) is 4.25. The zero-order valence-corrected chi connectivity index (χ0v) is 16.3. The molecule has 31 heavy (non-hydrogen) atoms.